The second-order valence-corrected chi connectivity index (χ2v) is 7.84. The number of ketones is 1. The summed E-state index contributed by atoms with van der Waals surface area (Å²) >= 11 is 0. The molecule has 0 saturated carbocycles. The maximum atomic E-state index is 13.5. The lowest BCUT2D eigenvalue weighted by Gasteiger charge is -2.27. The van der Waals surface area contributed by atoms with E-state index in [-0.39, 0.29) is 30.6 Å². The molecule has 7 nitrogen and oxygen atoms in total. The van der Waals surface area contributed by atoms with Crippen molar-refractivity contribution in [3.8, 4) is 5.75 Å². The molecule has 4 rings (SSSR count). The van der Waals surface area contributed by atoms with Crippen molar-refractivity contribution < 1.29 is 28.6 Å². The van der Waals surface area contributed by atoms with Gasteiger partial charge in [0.25, 0.3) is 5.91 Å². The normalized spacial score (nSPS) is 16.4. The lowest BCUT2D eigenvalue weighted by atomic mass is 9.95. The molecule has 2 aromatic carbocycles. The average Bonchev–Trinajstić information content (AvgIpc) is 3.33. The van der Waals surface area contributed by atoms with E-state index in [1.54, 1.807) is 43.5 Å². The van der Waals surface area contributed by atoms with Gasteiger partial charge < -0.3 is 23.9 Å². The molecule has 0 aliphatic carbocycles. The third-order valence-electron chi connectivity index (χ3n) is 5.39. The van der Waals surface area contributed by atoms with Crippen LogP contribution >= 0.6 is 0 Å². The SMILES string of the molecule is COc1cccc(C2C(C(=O)c3cc4ccccc4o3)=C(O)C(=O)N2CCOC(C)C)c1. The van der Waals surface area contributed by atoms with Crippen LogP contribution in [0.2, 0.25) is 0 Å². The number of methoxy groups -OCH3 is 1. The van der Waals surface area contributed by atoms with Crippen LogP contribution < -0.4 is 4.74 Å². The Hall–Kier alpha value is -3.58. The summed E-state index contributed by atoms with van der Waals surface area (Å²) in [6, 6.07) is 15.2. The summed E-state index contributed by atoms with van der Waals surface area (Å²) in [6.45, 7) is 4.28. The van der Waals surface area contributed by atoms with E-state index in [0.29, 0.717) is 16.9 Å². The molecule has 1 aliphatic heterocycles. The minimum Gasteiger partial charge on any atom is -0.503 e. The van der Waals surface area contributed by atoms with Gasteiger partial charge in [-0.05, 0) is 43.7 Å². The molecule has 32 heavy (non-hydrogen) atoms. The molecule has 1 amide bonds. The van der Waals surface area contributed by atoms with E-state index in [9.17, 15) is 14.7 Å². The van der Waals surface area contributed by atoms with Crippen molar-refractivity contribution in [1.82, 2.24) is 4.90 Å². The molecule has 0 spiro atoms. The Balaban J connectivity index is 1.76. The number of carbonyl (C=O) groups is 2. The van der Waals surface area contributed by atoms with E-state index in [0.717, 1.165) is 5.39 Å². The molecule has 0 fully saturated rings. The van der Waals surface area contributed by atoms with Crippen molar-refractivity contribution in [2.24, 2.45) is 0 Å². The molecular weight excluding hydrogens is 410 g/mol. The second kappa shape index (κ2) is 8.88. The quantitative estimate of drug-likeness (QED) is 0.526. The van der Waals surface area contributed by atoms with Gasteiger partial charge in [-0.3, -0.25) is 9.59 Å². The van der Waals surface area contributed by atoms with Gasteiger partial charge in [-0.25, -0.2) is 0 Å². The number of hydrogen-bond acceptors (Lipinski definition) is 6. The fourth-order valence-corrected chi connectivity index (χ4v) is 3.89. The van der Waals surface area contributed by atoms with Gasteiger partial charge in [-0.15, -0.1) is 0 Å². The number of carbonyl (C=O) groups excluding carboxylic acids is 2. The van der Waals surface area contributed by atoms with Crippen molar-refractivity contribution >= 4 is 22.7 Å². The summed E-state index contributed by atoms with van der Waals surface area (Å²) in [7, 11) is 1.54. The molecule has 0 radical (unpaired) electrons. The molecule has 1 aliphatic rings. The maximum absolute atomic E-state index is 13.5. The number of rotatable bonds is 8. The summed E-state index contributed by atoms with van der Waals surface area (Å²) < 4.78 is 16.7. The monoisotopic (exact) mass is 435 g/mol. The first kappa shape index (κ1) is 21.6. The highest BCUT2D eigenvalue weighted by Gasteiger charge is 2.44. The number of fused-ring (bicyclic) bond motifs is 1. The number of aliphatic hydroxyl groups excluding tert-OH is 1. The van der Waals surface area contributed by atoms with Gasteiger partial charge in [-0.1, -0.05) is 30.3 Å². The molecule has 1 atom stereocenters. The minimum absolute atomic E-state index is 0.0128. The zero-order valence-corrected chi connectivity index (χ0v) is 18.2. The van der Waals surface area contributed by atoms with Crippen LogP contribution in [0.3, 0.4) is 0 Å². The lowest BCUT2D eigenvalue weighted by Crippen LogP contribution is -2.34. The molecule has 1 N–H and O–H groups in total. The predicted octanol–water partition coefficient (Wildman–Crippen LogP) is 4.44. The number of Topliss-reactive ketones (excluding diaryl/α,β-unsaturated/α-hetero) is 1. The predicted molar refractivity (Wildman–Crippen MR) is 119 cm³/mol. The van der Waals surface area contributed by atoms with Crippen LogP contribution in [0.4, 0.5) is 0 Å². The first-order valence-corrected chi connectivity index (χ1v) is 10.4. The standard InChI is InChI=1S/C25H25NO6/c1-15(2)31-12-11-26-22(17-8-6-9-18(13-17)30-3)21(24(28)25(26)29)23(27)20-14-16-7-4-5-10-19(16)32-20/h4-10,13-15,22,28H,11-12H2,1-3H3. The zero-order chi connectivity index (χ0) is 22.8. The molecule has 1 unspecified atom stereocenters. The van der Waals surface area contributed by atoms with E-state index in [1.165, 1.54) is 4.90 Å². The largest absolute Gasteiger partial charge is 0.503 e. The number of aliphatic hydroxyl groups is 1. The number of benzene rings is 2. The highest BCUT2D eigenvalue weighted by atomic mass is 16.5. The number of hydrogen-bond donors (Lipinski definition) is 1. The van der Waals surface area contributed by atoms with Crippen LogP contribution in [0.1, 0.15) is 36.0 Å². The molecule has 2 heterocycles. The number of ether oxygens (including phenoxy) is 2. The maximum Gasteiger partial charge on any atom is 0.290 e. The fraction of sp³-hybridized carbons (Fsp3) is 0.280. The van der Waals surface area contributed by atoms with E-state index in [4.69, 9.17) is 13.9 Å². The highest BCUT2D eigenvalue weighted by Crippen LogP contribution is 2.40. The van der Waals surface area contributed by atoms with E-state index in [2.05, 4.69) is 0 Å². The summed E-state index contributed by atoms with van der Waals surface area (Å²) in [6.07, 6.45) is -0.0128. The molecular formula is C25H25NO6. The smallest absolute Gasteiger partial charge is 0.290 e. The van der Waals surface area contributed by atoms with Crippen LogP contribution in [0, 0.1) is 0 Å². The van der Waals surface area contributed by atoms with Gasteiger partial charge in [0.05, 0.1) is 31.4 Å². The summed E-state index contributed by atoms with van der Waals surface area (Å²) in [5.74, 6) is -1.09. The average molecular weight is 435 g/mol. The number of amides is 1. The Morgan fingerprint density at radius 1 is 1.16 bits per heavy atom. The van der Waals surface area contributed by atoms with Crippen molar-refractivity contribution in [3.05, 3.63) is 77.3 Å². The van der Waals surface area contributed by atoms with Gasteiger partial charge in [0.1, 0.15) is 11.3 Å². The van der Waals surface area contributed by atoms with Crippen molar-refractivity contribution in [2.45, 2.75) is 26.0 Å². The molecule has 166 valence electrons. The van der Waals surface area contributed by atoms with Crippen LogP contribution in [0.15, 0.2) is 70.3 Å². The third kappa shape index (κ3) is 3.99. The summed E-state index contributed by atoms with van der Waals surface area (Å²) in [5, 5.41) is 11.5. The van der Waals surface area contributed by atoms with E-state index in [1.807, 2.05) is 32.0 Å². The first-order chi connectivity index (χ1) is 15.4. The van der Waals surface area contributed by atoms with Gasteiger partial charge in [0, 0.05) is 11.9 Å². The highest BCUT2D eigenvalue weighted by molar-refractivity contribution is 6.16. The van der Waals surface area contributed by atoms with Crippen LogP contribution in [0.25, 0.3) is 11.0 Å². The van der Waals surface area contributed by atoms with Crippen LogP contribution in [-0.4, -0.2) is 48.1 Å². The van der Waals surface area contributed by atoms with Crippen molar-refractivity contribution in [2.75, 3.05) is 20.3 Å². The zero-order valence-electron chi connectivity index (χ0n) is 18.2. The Labute approximate surface area is 185 Å². The number of furan rings is 1. The molecule has 3 aromatic rings. The molecule has 7 heteroatoms. The van der Waals surface area contributed by atoms with Crippen LogP contribution in [0.5, 0.6) is 5.75 Å². The van der Waals surface area contributed by atoms with Gasteiger partial charge in [0.15, 0.2) is 11.5 Å². The van der Waals surface area contributed by atoms with Crippen LogP contribution in [-0.2, 0) is 9.53 Å². The van der Waals surface area contributed by atoms with Gasteiger partial charge in [-0.2, -0.15) is 0 Å². The summed E-state index contributed by atoms with van der Waals surface area (Å²) in [4.78, 5) is 27.9. The van der Waals surface area contributed by atoms with Gasteiger partial charge in [0.2, 0.25) is 5.78 Å². The fourth-order valence-electron chi connectivity index (χ4n) is 3.89. The first-order valence-electron chi connectivity index (χ1n) is 10.4. The minimum atomic E-state index is -0.797. The van der Waals surface area contributed by atoms with E-state index >= 15 is 0 Å². The van der Waals surface area contributed by atoms with E-state index < -0.39 is 23.5 Å². The lowest BCUT2D eigenvalue weighted by molar-refractivity contribution is -0.130. The molecule has 1 aromatic heterocycles. The molecule has 0 saturated heterocycles. The third-order valence-corrected chi connectivity index (χ3v) is 5.39. The Kier molecular flexibility index (Phi) is 6.01. The number of para-hydroxylation sites is 1. The Morgan fingerprint density at radius 3 is 2.66 bits per heavy atom. The number of nitrogens with zero attached hydrogens (tertiary/aromatic N) is 1. The topological polar surface area (TPSA) is 89.2 Å². The Morgan fingerprint density at radius 2 is 1.94 bits per heavy atom. The molecule has 0 bridgehead atoms. The van der Waals surface area contributed by atoms with Gasteiger partial charge >= 0.3 is 0 Å². The second-order valence-electron chi connectivity index (χ2n) is 7.84. The van der Waals surface area contributed by atoms with Crippen molar-refractivity contribution in [3.63, 3.8) is 0 Å². The Bertz CT molecular complexity index is 1160. The van der Waals surface area contributed by atoms with Crippen molar-refractivity contribution in [1.29, 1.82) is 0 Å². The summed E-state index contributed by atoms with van der Waals surface area (Å²) in [5.41, 5.74) is 1.18.